The summed E-state index contributed by atoms with van der Waals surface area (Å²) in [4.78, 5) is 14.8. The molecular formula is C17H25BrN2O2. The minimum atomic E-state index is -0.0579. The van der Waals surface area contributed by atoms with Crippen LogP contribution in [0.15, 0.2) is 22.7 Å². The van der Waals surface area contributed by atoms with Crippen LogP contribution in [0.2, 0.25) is 0 Å². The lowest BCUT2D eigenvalue weighted by Gasteiger charge is -2.33. The van der Waals surface area contributed by atoms with Gasteiger partial charge in [-0.05, 0) is 66.9 Å². The summed E-state index contributed by atoms with van der Waals surface area (Å²) < 4.78 is 5.96. The highest BCUT2D eigenvalue weighted by atomic mass is 79.9. The zero-order chi connectivity index (χ0) is 15.9. The van der Waals surface area contributed by atoms with E-state index in [0.29, 0.717) is 23.9 Å². The number of ether oxygens (including phenoxy) is 1. The molecule has 1 aliphatic rings. The van der Waals surface area contributed by atoms with Gasteiger partial charge in [0.15, 0.2) is 0 Å². The van der Waals surface area contributed by atoms with Gasteiger partial charge in [-0.1, -0.05) is 6.42 Å². The summed E-state index contributed by atoms with van der Waals surface area (Å²) in [6.45, 7) is 5.24. The number of benzene rings is 1. The van der Waals surface area contributed by atoms with Crippen molar-refractivity contribution >= 4 is 21.8 Å². The Morgan fingerprint density at radius 2 is 2.27 bits per heavy atom. The number of nitrogens with one attached hydrogen (secondary N) is 1. The molecule has 1 aromatic carbocycles. The molecule has 0 saturated carbocycles. The molecule has 1 aromatic rings. The van der Waals surface area contributed by atoms with Crippen LogP contribution in [0.5, 0.6) is 5.75 Å². The first kappa shape index (κ1) is 17.3. The minimum absolute atomic E-state index is 0.0579. The standard InChI is InChI=1S/C17H25BrN2O2/c1-13-6-3-4-10-20(13)11-5-9-19-17(21)15-12-14(22-2)7-8-16(15)18/h7-8,12-13H,3-6,9-11H2,1-2H3,(H,19,21). The van der Waals surface area contributed by atoms with E-state index in [4.69, 9.17) is 4.74 Å². The van der Waals surface area contributed by atoms with Crippen molar-refractivity contribution in [3.8, 4) is 5.75 Å². The molecule has 122 valence electrons. The van der Waals surface area contributed by atoms with E-state index in [-0.39, 0.29) is 5.91 Å². The third-order valence-corrected chi connectivity index (χ3v) is 4.96. The summed E-state index contributed by atoms with van der Waals surface area (Å²) in [5.74, 6) is 0.632. The number of hydrogen-bond donors (Lipinski definition) is 1. The van der Waals surface area contributed by atoms with E-state index in [1.165, 1.54) is 25.8 Å². The van der Waals surface area contributed by atoms with Crippen LogP contribution in [0.4, 0.5) is 0 Å². The molecule has 1 atom stereocenters. The van der Waals surface area contributed by atoms with E-state index >= 15 is 0 Å². The number of rotatable bonds is 6. The lowest BCUT2D eigenvalue weighted by Crippen LogP contribution is -2.39. The molecule has 1 unspecified atom stereocenters. The summed E-state index contributed by atoms with van der Waals surface area (Å²) in [5, 5.41) is 2.99. The van der Waals surface area contributed by atoms with Crippen LogP contribution in [0, 0.1) is 0 Å². The van der Waals surface area contributed by atoms with E-state index in [1.807, 2.05) is 12.1 Å². The maximum Gasteiger partial charge on any atom is 0.252 e. The fourth-order valence-electron chi connectivity index (χ4n) is 2.87. The summed E-state index contributed by atoms with van der Waals surface area (Å²) in [6.07, 6.45) is 4.92. The molecule has 22 heavy (non-hydrogen) atoms. The molecule has 1 saturated heterocycles. The molecule has 5 heteroatoms. The van der Waals surface area contributed by atoms with Gasteiger partial charge in [-0.15, -0.1) is 0 Å². The van der Waals surface area contributed by atoms with Crippen LogP contribution in [-0.2, 0) is 0 Å². The van der Waals surface area contributed by atoms with Crippen molar-refractivity contribution < 1.29 is 9.53 Å². The predicted octanol–water partition coefficient (Wildman–Crippen LogP) is 3.45. The van der Waals surface area contributed by atoms with E-state index < -0.39 is 0 Å². The molecule has 4 nitrogen and oxygen atoms in total. The first-order valence-electron chi connectivity index (χ1n) is 7.97. The van der Waals surface area contributed by atoms with Crippen molar-refractivity contribution in [3.63, 3.8) is 0 Å². The first-order valence-corrected chi connectivity index (χ1v) is 8.77. The Balaban J connectivity index is 1.78. The number of methoxy groups -OCH3 is 1. The molecule has 1 aliphatic heterocycles. The van der Waals surface area contributed by atoms with Crippen LogP contribution in [0.25, 0.3) is 0 Å². The molecule has 1 N–H and O–H groups in total. The number of hydrogen-bond acceptors (Lipinski definition) is 3. The Bertz CT molecular complexity index is 507. The summed E-state index contributed by atoms with van der Waals surface area (Å²) in [5.41, 5.74) is 0.616. The van der Waals surface area contributed by atoms with Crippen molar-refractivity contribution in [2.75, 3.05) is 26.7 Å². The van der Waals surface area contributed by atoms with Crippen LogP contribution in [0.1, 0.15) is 43.0 Å². The van der Waals surface area contributed by atoms with Gasteiger partial charge in [0.25, 0.3) is 5.91 Å². The highest BCUT2D eigenvalue weighted by Gasteiger charge is 2.17. The Morgan fingerprint density at radius 1 is 1.45 bits per heavy atom. The molecule has 0 radical (unpaired) electrons. The lowest BCUT2D eigenvalue weighted by molar-refractivity contribution is 0.0947. The van der Waals surface area contributed by atoms with Crippen LogP contribution in [0.3, 0.4) is 0 Å². The van der Waals surface area contributed by atoms with Crippen molar-refractivity contribution in [1.29, 1.82) is 0 Å². The van der Waals surface area contributed by atoms with Crippen molar-refractivity contribution in [2.45, 2.75) is 38.6 Å². The molecule has 0 spiro atoms. The Hall–Kier alpha value is -1.07. The number of amides is 1. The number of likely N-dealkylation sites (tertiary alicyclic amines) is 1. The van der Waals surface area contributed by atoms with Gasteiger partial charge in [-0.2, -0.15) is 0 Å². The van der Waals surface area contributed by atoms with Crippen molar-refractivity contribution in [2.24, 2.45) is 0 Å². The minimum Gasteiger partial charge on any atom is -0.497 e. The molecular weight excluding hydrogens is 344 g/mol. The van der Waals surface area contributed by atoms with Crippen LogP contribution in [-0.4, -0.2) is 43.6 Å². The zero-order valence-electron chi connectivity index (χ0n) is 13.4. The second kappa shape index (κ2) is 8.53. The number of carbonyl (C=O) groups is 1. The smallest absolute Gasteiger partial charge is 0.252 e. The van der Waals surface area contributed by atoms with Gasteiger partial charge in [-0.25, -0.2) is 0 Å². The second-order valence-corrected chi connectivity index (χ2v) is 6.69. The molecule has 0 aliphatic carbocycles. The predicted molar refractivity (Wildman–Crippen MR) is 92.5 cm³/mol. The molecule has 1 fully saturated rings. The number of carbonyl (C=O) groups excluding carboxylic acids is 1. The molecule has 2 rings (SSSR count). The normalized spacial score (nSPS) is 19.0. The fourth-order valence-corrected chi connectivity index (χ4v) is 3.30. The maximum absolute atomic E-state index is 12.2. The number of piperidine rings is 1. The van der Waals surface area contributed by atoms with Gasteiger partial charge in [0.1, 0.15) is 5.75 Å². The zero-order valence-corrected chi connectivity index (χ0v) is 15.0. The van der Waals surface area contributed by atoms with Crippen molar-refractivity contribution in [1.82, 2.24) is 10.2 Å². The maximum atomic E-state index is 12.2. The highest BCUT2D eigenvalue weighted by Crippen LogP contribution is 2.22. The second-order valence-electron chi connectivity index (χ2n) is 5.84. The van der Waals surface area contributed by atoms with Gasteiger partial charge in [0.05, 0.1) is 12.7 Å². The molecule has 1 amide bonds. The fraction of sp³-hybridized carbons (Fsp3) is 0.588. The third-order valence-electron chi connectivity index (χ3n) is 4.27. The summed E-state index contributed by atoms with van der Waals surface area (Å²) in [6, 6.07) is 6.10. The molecule has 0 bridgehead atoms. The average molecular weight is 369 g/mol. The van der Waals surface area contributed by atoms with Gasteiger partial charge < -0.3 is 15.0 Å². The summed E-state index contributed by atoms with van der Waals surface area (Å²) in [7, 11) is 1.60. The van der Waals surface area contributed by atoms with E-state index in [9.17, 15) is 4.79 Å². The summed E-state index contributed by atoms with van der Waals surface area (Å²) >= 11 is 3.42. The monoisotopic (exact) mass is 368 g/mol. The van der Waals surface area contributed by atoms with E-state index in [0.717, 1.165) is 17.4 Å². The first-order chi connectivity index (χ1) is 10.6. The van der Waals surface area contributed by atoms with E-state index in [1.54, 1.807) is 13.2 Å². The van der Waals surface area contributed by atoms with Gasteiger partial charge in [0, 0.05) is 23.6 Å². The Kier molecular flexibility index (Phi) is 6.70. The lowest BCUT2D eigenvalue weighted by atomic mass is 10.0. The van der Waals surface area contributed by atoms with Crippen molar-refractivity contribution in [3.05, 3.63) is 28.2 Å². The van der Waals surface area contributed by atoms with Crippen LogP contribution >= 0.6 is 15.9 Å². The van der Waals surface area contributed by atoms with Gasteiger partial charge >= 0.3 is 0 Å². The number of halogens is 1. The van der Waals surface area contributed by atoms with Crippen LogP contribution < -0.4 is 10.1 Å². The van der Waals surface area contributed by atoms with E-state index in [2.05, 4.69) is 33.1 Å². The Morgan fingerprint density at radius 3 is 3.00 bits per heavy atom. The van der Waals surface area contributed by atoms with Gasteiger partial charge in [0.2, 0.25) is 0 Å². The number of nitrogens with zero attached hydrogens (tertiary/aromatic N) is 1. The van der Waals surface area contributed by atoms with Gasteiger partial charge in [-0.3, -0.25) is 4.79 Å². The topological polar surface area (TPSA) is 41.6 Å². The highest BCUT2D eigenvalue weighted by molar-refractivity contribution is 9.10. The quantitative estimate of drug-likeness (QED) is 0.781. The molecule has 1 heterocycles. The third kappa shape index (κ3) is 4.71. The SMILES string of the molecule is COc1ccc(Br)c(C(=O)NCCCN2CCCCC2C)c1. The largest absolute Gasteiger partial charge is 0.497 e. The Labute approximate surface area is 141 Å². The average Bonchev–Trinajstić information content (AvgIpc) is 2.53. The molecule has 0 aromatic heterocycles.